The summed E-state index contributed by atoms with van der Waals surface area (Å²) in [6.07, 6.45) is 0.827. The standard InChI is InChI=1S/C13H15FN2O2/c1-2-7-15-13(18)16-12-6-5-11(14)9-10(12)4-3-8-17/h5-6,9,17H,2,7-8H2,1H3,(H2,15,16,18). The topological polar surface area (TPSA) is 61.4 Å². The molecule has 96 valence electrons. The molecule has 0 fully saturated rings. The van der Waals surface area contributed by atoms with Gasteiger partial charge in [-0.15, -0.1) is 0 Å². The third kappa shape index (κ3) is 4.44. The lowest BCUT2D eigenvalue weighted by Crippen LogP contribution is -2.29. The number of hydrogen-bond donors (Lipinski definition) is 3. The summed E-state index contributed by atoms with van der Waals surface area (Å²) in [6.45, 7) is 2.18. The van der Waals surface area contributed by atoms with Gasteiger partial charge in [-0.3, -0.25) is 0 Å². The maximum atomic E-state index is 13.1. The number of carbonyl (C=O) groups excluding carboxylic acids is 1. The number of urea groups is 1. The van der Waals surface area contributed by atoms with Gasteiger partial charge in [-0.2, -0.15) is 0 Å². The molecule has 0 aliphatic rings. The van der Waals surface area contributed by atoms with Crippen LogP contribution in [0.3, 0.4) is 0 Å². The van der Waals surface area contributed by atoms with Crippen LogP contribution in [0.1, 0.15) is 18.9 Å². The lowest BCUT2D eigenvalue weighted by molar-refractivity contribution is 0.252. The largest absolute Gasteiger partial charge is 0.384 e. The highest BCUT2D eigenvalue weighted by atomic mass is 19.1. The zero-order chi connectivity index (χ0) is 13.4. The molecule has 1 rings (SSSR count). The first-order chi connectivity index (χ1) is 8.67. The second-order valence-electron chi connectivity index (χ2n) is 3.53. The van der Waals surface area contributed by atoms with E-state index in [1.165, 1.54) is 18.2 Å². The van der Waals surface area contributed by atoms with Crippen molar-refractivity contribution in [3.8, 4) is 11.8 Å². The van der Waals surface area contributed by atoms with Gasteiger partial charge in [-0.1, -0.05) is 18.8 Å². The fourth-order valence-electron chi connectivity index (χ4n) is 1.27. The van der Waals surface area contributed by atoms with E-state index in [0.717, 1.165) is 6.42 Å². The van der Waals surface area contributed by atoms with Crippen LogP contribution in [0.25, 0.3) is 0 Å². The van der Waals surface area contributed by atoms with Crippen molar-refractivity contribution < 1.29 is 14.3 Å². The number of amides is 2. The maximum absolute atomic E-state index is 13.1. The van der Waals surface area contributed by atoms with E-state index in [1.807, 2.05) is 6.92 Å². The molecular weight excluding hydrogens is 235 g/mol. The molecule has 0 saturated carbocycles. The summed E-state index contributed by atoms with van der Waals surface area (Å²) in [7, 11) is 0. The second kappa shape index (κ2) is 7.30. The number of anilines is 1. The van der Waals surface area contributed by atoms with Crippen molar-refractivity contribution in [1.82, 2.24) is 5.32 Å². The average Bonchev–Trinajstić information content (AvgIpc) is 2.36. The fraction of sp³-hybridized carbons (Fsp3) is 0.308. The summed E-state index contributed by atoms with van der Waals surface area (Å²) in [5.74, 6) is 4.55. The normalized spacial score (nSPS) is 9.28. The van der Waals surface area contributed by atoms with Crippen LogP contribution in [0.2, 0.25) is 0 Å². The minimum absolute atomic E-state index is 0.321. The third-order valence-electron chi connectivity index (χ3n) is 2.07. The molecule has 5 heteroatoms. The molecule has 0 radical (unpaired) electrons. The minimum atomic E-state index is -0.447. The van der Waals surface area contributed by atoms with E-state index in [-0.39, 0.29) is 12.6 Å². The number of aliphatic hydroxyl groups excluding tert-OH is 1. The maximum Gasteiger partial charge on any atom is 0.319 e. The summed E-state index contributed by atoms with van der Waals surface area (Å²) in [4.78, 5) is 11.5. The van der Waals surface area contributed by atoms with Crippen LogP contribution < -0.4 is 10.6 Å². The first kappa shape index (κ1) is 14.0. The van der Waals surface area contributed by atoms with Gasteiger partial charge in [0.25, 0.3) is 0 Å². The Bertz CT molecular complexity index is 478. The zero-order valence-corrected chi connectivity index (χ0v) is 10.1. The molecule has 0 aliphatic heterocycles. The number of rotatable bonds is 3. The lowest BCUT2D eigenvalue weighted by Gasteiger charge is -2.08. The van der Waals surface area contributed by atoms with Crippen LogP contribution >= 0.6 is 0 Å². The molecule has 0 spiro atoms. The van der Waals surface area contributed by atoms with Gasteiger partial charge in [0, 0.05) is 6.54 Å². The van der Waals surface area contributed by atoms with Crippen LogP contribution in [0, 0.1) is 17.7 Å². The lowest BCUT2D eigenvalue weighted by atomic mass is 10.1. The molecule has 0 aliphatic carbocycles. The second-order valence-corrected chi connectivity index (χ2v) is 3.53. The van der Waals surface area contributed by atoms with Crippen LogP contribution in [0.5, 0.6) is 0 Å². The summed E-state index contributed by atoms with van der Waals surface area (Å²) in [5.41, 5.74) is 0.738. The van der Waals surface area contributed by atoms with Gasteiger partial charge in [0.15, 0.2) is 0 Å². The van der Waals surface area contributed by atoms with Crippen LogP contribution in [-0.2, 0) is 0 Å². The van der Waals surface area contributed by atoms with Crippen LogP contribution in [-0.4, -0.2) is 24.3 Å². The molecule has 18 heavy (non-hydrogen) atoms. The number of benzene rings is 1. The Morgan fingerprint density at radius 3 is 2.94 bits per heavy atom. The minimum Gasteiger partial charge on any atom is -0.384 e. The van der Waals surface area contributed by atoms with Gasteiger partial charge in [-0.05, 0) is 24.6 Å². The number of halogens is 1. The summed E-state index contributed by atoms with van der Waals surface area (Å²) in [6, 6.07) is 3.51. The number of nitrogens with one attached hydrogen (secondary N) is 2. The van der Waals surface area contributed by atoms with Gasteiger partial charge >= 0.3 is 6.03 Å². The molecule has 2 amide bonds. The summed E-state index contributed by atoms with van der Waals surface area (Å²) >= 11 is 0. The Balaban J connectivity index is 2.84. The van der Waals surface area contributed by atoms with Crippen molar-refractivity contribution in [3.63, 3.8) is 0 Å². The molecule has 1 aromatic rings. The van der Waals surface area contributed by atoms with Crippen molar-refractivity contribution >= 4 is 11.7 Å². The van der Waals surface area contributed by atoms with Crippen molar-refractivity contribution in [2.75, 3.05) is 18.5 Å². The molecule has 0 unspecified atom stereocenters. The SMILES string of the molecule is CCCNC(=O)Nc1ccc(F)cc1C#CCO. The molecule has 3 N–H and O–H groups in total. The van der Waals surface area contributed by atoms with E-state index >= 15 is 0 Å². The Labute approximate surface area is 105 Å². The molecule has 0 heterocycles. The summed E-state index contributed by atoms with van der Waals surface area (Å²) < 4.78 is 13.1. The quantitative estimate of drug-likeness (QED) is 0.715. The van der Waals surface area contributed by atoms with E-state index in [2.05, 4.69) is 22.5 Å². The van der Waals surface area contributed by atoms with Crippen molar-refractivity contribution in [2.24, 2.45) is 0 Å². The molecule has 0 atom stereocenters. The van der Waals surface area contributed by atoms with Crippen LogP contribution in [0.15, 0.2) is 18.2 Å². The monoisotopic (exact) mass is 250 g/mol. The van der Waals surface area contributed by atoms with Crippen molar-refractivity contribution in [3.05, 3.63) is 29.6 Å². The first-order valence-corrected chi connectivity index (χ1v) is 5.61. The zero-order valence-electron chi connectivity index (χ0n) is 10.1. The fourth-order valence-corrected chi connectivity index (χ4v) is 1.27. The number of hydrogen-bond acceptors (Lipinski definition) is 2. The number of aliphatic hydroxyl groups is 1. The Morgan fingerprint density at radius 1 is 1.50 bits per heavy atom. The van der Waals surface area contributed by atoms with Gasteiger partial charge in [-0.25, -0.2) is 9.18 Å². The van der Waals surface area contributed by atoms with Gasteiger partial charge < -0.3 is 15.7 Å². The van der Waals surface area contributed by atoms with E-state index in [9.17, 15) is 9.18 Å². The molecule has 0 aromatic heterocycles. The first-order valence-electron chi connectivity index (χ1n) is 5.61. The number of carbonyl (C=O) groups is 1. The highest BCUT2D eigenvalue weighted by Gasteiger charge is 2.05. The van der Waals surface area contributed by atoms with E-state index in [0.29, 0.717) is 17.8 Å². The smallest absolute Gasteiger partial charge is 0.319 e. The van der Waals surface area contributed by atoms with Crippen molar-refractivity contribution in [1.29, 1.82) is 0 Å². The van der Waals surface area contributed by atoms with Gasteiger partial charge in [0.1, 0.15) is 12.4 Å². The van der Waals surface area contributed by atoms with E-state index < -0.39 is 5.82 Å². The highest BCUT2D eigenvalue weighted by Crippen LogP contribution is 2.15. The third-order valence-corrected chi connectivity index (χ3v) is 2.07. The highest BCUT2D eigenvalue weighted by molar-refractivity contribution is 5.90. The molecular formula is C13H15FN2O2. The Morgan fingerprint density at radius 2 is 2.28 bits per heavy atom. The van der Waals surface area contributed by atoms with Crippen molar-refractivity contribution in [2.45, 2.75) is 13.3 Å². The predicted molar refractivity (Wildman–Crippen MR) is 67.7 cm³/mol. The predicted octanol–water partition coefficient (Wildman–Crippen LogP) is 1.70. The molecule has 0 bridgehead atoms. The Hall–Kier alpha value is -2.06. The Kier molecular flexibility index (Phi) is 5.68. The van der Waals surface area contributed by atoms with E-state index in [1.54, 1.807) is 0 Å². The van der Waals surface area contributed by atoms with E-state index in [4.69, 9.17) is 5.11 Å². The molecule has 0 saturated heterocycles. The van der Waals surface area contributed by atoms with Gasteiger partial charge in [0.05, 0.1) is 11.3 Å². The average molecular weight is 250 g/mol. The van der Waals surface area contributed by atoms with Gasteiger partial charge in [0.2, 0.25) is 0 Å². The molecule has 4 nitrogen and oxygen atoms in total. The molecule has 1 aromatic carbocycles. The summed E-state index contributed by atoms with van der Waals surface area (Å²) in [5, 5.41) is 13.8. The van der Waals surface area contributed by atoms with Crippen LogP contribution in [0.4, 0.5) is 14.9 Å².